The van der Waals surface area contributed by atoms with Crippen molar-refractivity contribution in [1.29, 1.82) is 0 Å². The number of carbonyl (C=O) groups is 3. The number of carbonyl (C=O) groups excluding carboxylic acids is 3. The minimum absolute atomic E-state index is 0.0622. The number of benzene rings is 2. The highest BCUT2D eigenvalue weighted by atomic mass is 32.2. The first-order chi connectivity index (χ1) is 18.4. The minimum atomic E-state index is -0.773. The number of hydrogen-bond donors (Lipinski definition) is 2. The van der Waals surface area contributed by atoms with E-state index >= 15 is 0 Å². The van der Waals surface area contributed by atoms with Gasteiger partial charge in [0.05, 0.1) is 23.8 Å². The van der Waals surface area contributed by atoms with Crippen molar-refractivity contribution in [2.45, 2.75) is 50.9 Å². The van der Waals surface area contributed by atoms with Crippen molar-refractivity contribution >= 4 is 29.4 Å². The number of ketones is 1. The maximum Gasteiger partial charge on any atom is 0.258 e. The summed E-state index contributed by atoms with van der Waals surface area (Å²) >= 11 is 1.45. The number of para-hydroxylation sites is 1. The van der Waals surface area contributed by atoms with Gasteiger partial charge in [0.1, 0.15) is 17.6 Å². The highest BCUT2D eigenvalue weighted by Gasteiger charge is 2.27. The lowest BCUT2D eigenvalue weighted by Crippen LogP contribution is -2.53. The van der Waals surface area contributed by atoms with Gasteiger partial charge in [-0.25, -0.2) is 0 Å². The smallest absolute Gasteiger partial charge is 0.258 e. The lowest BCUT2D eigenvalue weighted by molar-refractivity contribution is -0.132. The number of thioether (sulfide) groups is 1. The molecule has 3 rings (SSSR count). The molecule has 3 aromatic rings. The summed E-state index contributed by atoms with van der Waals surface area (Å²) in [6.45, 7) is 3.76. The van der Waals surface area contributed by atoms with E-state index < -0.39 is 18.0 Å². The third-order valence-electron chi connectivity index (χ3n) is 5.81. The topological polar surface area (TPSA) is 97.6 Å². The Kier molecular flexibility index (Phi) is 12.0. The molecule has 8 heteroatoms. The molecule has 0 bridgehead atoms. The maximum atomic E-state index is 13.3. The molecule has 0 aliphatic heterocycles. The predicted molar refractivity (Wildman–Crippen MR) is 150 cm³/mol. The standard InChI is InChI=1S/C30H36N2O5S/c1-22(2)18-27(31-29(34)19-37-24-12-7-4-8-13-24)30(35)32-26(16-15-23-10-5-3-6-11-23)28(33)21-38-20-25-14-9-17-36-25/h3-14,17,22,26-27H,15-16,18-21H2,1-2H3,(H,31,34)(H,32,35)/t26-,27-/m0/s1. The second kappa shape index (κ2) is 15.7. The molecule has 38 heavy (non-hydrogen) atoms. The van der Waals surface area contributed by atoms with Crippen LogP contribution in [0.3, 0.4) is 0 Å². The summed E-state index contributed by atoms with van der Waals surface area (Å²) in [6, 6.07) is 21.1. The third-order valence-corrected chi connectivity index (χ3v) is 6.79. The molecule has 0 aliphatic carbocycles. The number of aryl methyl sites for hydroxylation is 1. The monoisotopic (exact) mass is 536 g/mol. The average molecular weight is 537 g/mol. The van der Waals surface area contributed by atoms with Crippen molar-refractivity contribution in [3.05, 3.63) is 90.4 Å². The Morgan fingerprint density at radius 2 is 1.61 bits per heavy atom. The molecule has 1 aromatic heterocycles. The van der Waals surface area contributed by atoms with Crippen LogP contribution in [-0.2, 0) is 26.6 Å². The Hall–Kier alpha value is -3.52. The first-order valence-corrected chi connectivity index (χ1v) is 14.0. The van der Waals surface area contributed by atoms with E-state index in [1.165, 1.54) is 11.8 Å². The summed E-state index contributed by atoms with van der Waals surface area (Å²) < 4.78 is 10.9. The third kappa shape index (κ3) is 10.5. The molecule has 7 nitrogen and oxygen atoms in total. The number of amides is 2. The molecule has 0 saturated carbocycles. The van der Waals surface area contributed by atoms with Crippen molar-refractivity contribution in [3.63, 3.8) is 0 Å². The lowest BCUT2D eigenvalue weighted by Gasteiger charge is -2.24. The number of ether oxygens (including phenoxy) is 1. The van der Waals surface area contributed by atoms with Crippen LogP contribution in [0.25, 0.3) is 0 Å². The molecular weight excluding hydrogens is 500 g/mol. The van der Waals surface area contributed by atoms with Gasteiger partial charge in [-0.15, -0.1) is 11.8 Å². The van der Waals surface area contributed by atoms with Gasteiger partial charge in [0, 0.05) is 0 Å². The largest absolute Gasteiger partial charge is 0.484 e. The van der Waals surface area contributed by atoms with Gasteiger partial charge in [-0.3, -0.25) is 14.4 Å². The summed E-state index contributed by atoms with van der Waals surface area (Å²) in [4.78, 5) is 39.1. The van der Waals surface area contributed by atoms with E-state index in [1.807, 2.05) is 74.5 Å². The second-order valence-electron chi connectivity index (χ2n) is 9.48. The second-order valence-corrected chi connectivity index (χ2v) is 10.5. The molecule has 0 fully saturated rings. The molecule has 2 N–H and O–H groups in total. The molecule has 0 saturated heterocycles. The fraction of sp³-hybridized carbons (Fsp3) is 0.367. The SMILES string of the molecule is CC(C)C[C@H](NC(=O)COc1ccccc1)C(=O)N[C@@H](CCc1ccccc1)C(=O)CSCc1ccco1. The highest BCUT2D eigenvalue weighted by molar-refractivity contribution is 7.99. The molecule has 0 radical (unpaired) electrons. The Bertz CT molecular complexity index is 1120. The zero-order chi connectivity index (χ0) is 27.2. The Balaban J connectivity index is 1.61. The van der Waals surface area contributed by atoms with Gasteiger partial charge < -0.3 is 19.8 Å². The summed E-state index contributed by atoms with van der Waals surface area (Å²) in [5, 5.41) is 5.73. The van der Waals surface area contributed by atoms with E-state index in [4.69, 9.17) is 9.15 Å². The van der Waals surface area contributed by atoms with E-state index in [0.717, 1.165) is 11.3 Å². The highest BCUT2D eigenvalue weighted by Crippen LogP contribution is 2.15. The molecule has 1 heterocycles. The van der Waals surface area contributed by atoms with Gasteiger partial charge in [-0.05, 0) is 55.0 Å². The number of furan rings is 1. The van der Waals surface area contributed by atoms with E-state index in [2.05, 4.69) is 10.6 Å². The van der Waals surface area contributed by atoms with Crippen LogP contribution in [0.1, 0.15) is 38.0 Å². The first kappa shape index (κ1) is 29.0. The van der Waals surface area contributed by atoms with Crippen LogP contribution >= 0.6 is 11.8 Å². The van der Waals surface area contributed by atoms with Crippen molar-refractivity contribution in [2.24, 2.45) is 5.92 Å². The van der Waals surface area contributed by atoms with Crippen LogP contribution in [0, 0.1) is 5.92 Å². The van der Waals surface area contributed by atoms with E-state index in [1.54, 1.807) is 18.4 Å². The number of nitrogens with one attached hydrogen (secondary N) is 2. The predicted octanol–water partition coefficient (Wildman–Crippen LogP) is 4.81. The number of hydrogen-bond acceptors (Lipinski definition) is 6. The summed E-state index contributed by atoms with van der Waals surface area (Å²) in [5.74, 6) is 1.52. The molecule has 2 atom stereocenters. The molecular formula is C30H36N2O5S. The van der Waals surface area contributed by atoms with Crippen LogP contribution in [-0.4, -0.2) is 42.0 Å². The Labute approximate surface area is 228 Å². The maximum absolute atomic E-state index is 13.3. The Morgan fingerprint density at radius 1 is 0.895 bits per heavy atom. The normalized spacial score (nSPS) is 12.5. The molecule has 2 aromatic carbocycles. The van der Waals surface area contributed by atoms with Gasteiger partial charge in [0.25, 0.3) is 5.91 Å². The fourth-order valence-corrected chi connectivity index (χ4v) is 4.76. The van der Waals surface area contributed by atoms with Crippen LogP contribution in [0.15, 0.2) is 83.5 Å². The van der Waals surface area contributed by atoms with Crippen molar-refractivity contribution < 1.29 is 23.5 Å². The number of rotatable bonds is 16. The van der Waals surface area contributed by atoms with Crippen molar-refractivity contribution in [2.75, 3.05) is 12.4 Å². The van der Waals surface area contributed by atoms with Gasteiger partial charge in [0.2, 0.25) is 5.91 Å². The summed E-state index contributed by atoms with van der Waals surface area (Å²) in [5.41, 5.74) is 1.09. The van der Waals surface area contributed by atoms with E-state index in [9.17, 15) is 14.4 Å². The Morgan fingerprint density at radius 3 is 2.26 bits per heavy atom. The molecule has 202 valence electrons. The molecule has 0 spiro atoms. The van der Waals surface area contributed by atoms with Gasteiger partial charge in [-0.1, -0.05) is 62.4 Å². The molecule has 0 unspecified atom stereocenters. The first-order valence-electron chi connectivity index (χ1n) is 12.8. The van der Waals surface area contributed by atoms with Crippen molar-refractivity contribution in [3.8, 4) is 5.75 Å². The molecule has 2 amide bonds. The van der Waals surface area contributed by atoms with Crippen LogP contribution in [0.4, 0.5) is 0 Å². The van der Waals surface area contributed by atoms with Gasteiger partial charge >= 0.3 is 0 Å². The molecule has 0 aliphatic rings. The summed E-state index contributed by atoms with van der Waals surface area (Å²) in [7, 11) is 0. The average Bonchev–Trinajstić information content (AvgIpc) is 3.44. The lowest BCUT2D eigenvalue weighted by atomic mass is 10.00. The summed E-state index contributed by atoms with van der Waals surface area (Å²) in [6.07, 6.45) is 3.16. The quantitative estimate of drug-likeness (QED) is 0.273. The van der Waals surface area contributed by atoms with Crippen LogP contribution in [0.2, 0.25) is 0 Å². The zero-order valence-electron chi connectivity index (χ0n) is 21.9. The minimum Gasteiger partial charge on any atom is -0.484 e. The van der Waals surface area contributed by atoms with Gasteiger partial charge in [0.15, 0.2) is 12.4 Å². The van der Waals surface area contributed by atoms with Crippen molar-refractivity contribution in [1.82, 2.24) is 10.6 Å². The van der Waals surface area contributed by atoms with E-state index in [-0.39, 0.29) is 30.0 Å². The zero-order valence-corrected chi connectivity index (χ0v) is 22.7. The van der Waals surface area contributed by atoms with Gasteiger partial charge in [-0.2, -0.15) is 0 Å². The van der Waals surface area contributed by atoms with Crippen LogP contribution < -0.4 is 15.4 Å². The van der Waals surface area contributed by atoms with E-state index in [0.29, 0.717) is 30.8 Å². The number of Topliss-reactive ketones (excluding diaryl/α,β-unsaturated/α-hetero) is 1. The fourth-order valence-electron chi connectivity index (χ4n) is 3.89. The van der Waals surface area contributed by atoms with Crippen LogP contribution in [0.5, 0.6) is 5.75 Å².